The summed E-state index contributed by atoms with van der Waals surface area (Å²) in [5.41, 5.74) is 2.83. The molecule has 3 aromatic rings. The van der Waals surface area contributed by atoms with Crippen LogP contribution in [0, 0.1) is 12.7 Å². The Kier molecular flexibility index (Phi) is 5.99. The van der Waals surface area contributed by atoms with Crippen LogP contribution in [0.15, 0.2) is 59.4 Å². The summed E-state index contributed by atoms with van der Waals surface area (Å²) in [6.07, 6.45) is 0.567. The zero-order valence-corrected chi connectivity index (χ0v) is 15.9. The largest absolute Gasteiger partial charge is 0.350 e. The van der Waals surface area contributed by atoms with E-state index in [1.807, 2.05) is 38.1 Å². The molecule has 0 saturated heterocycles. The second-order valence-corrected chi connectivity index (χ2v) is 6.62. The number of carbonyl (C=O) groups is 1. The van der Waals surface area contributed by atoms with Gasteiger partial charge in [-0.3, -0.25) is 14.2 Å². The summed E-state index contributed by atoms with van der Waals surface area (Å²) in [7, 11) is 0. The number of benzene rings is 2. The minimum absolute atomic E-state index is 0.187. The third kappa shape index (κ3) is 4.71. The summed E-state index contributed by atoms with van der Waals surface area (Å²) < 4.78 is 14.9. The molecule has 2 aromatic carbocycles. The second-order valence-electron chi connectivity index (χ2n) is 6.62. The first kappa shape index (κ1) is 19.5. The first-order valence-electron chi connectivity index (χ1n) is 9.15. The highest BCUT2D eigenvalue weighted by molar-refractivity contribution is 5.76. The van der Waals surface area contributed by atoms with Gasteiger partial charge in [-0.05, 0) is 31.0 Å². The summed E-state index contributed by atoms with van der Waals surface area (Å²) in [5, 5.41) is 2.81. The normalized spacial score (nSPS) is 10.7. The molecule has 0 spiro atoms. The Bertz CT molecular complexity index is 1040. The van der Waals surface area contributed by atoms with Gasteiger partial charge in [0.05, 0.1) is 0 Å². The van der Waals surface area contributed by atoms with E-state index in [4.69, 9.17) is 0 Å². The molecular formula is C22H22FN3O2. The number of carbonyl (C=O) groups excluding carboxylic acids is 1. The fourth-order valence-corrected chi connectivity index (χ4v) is 2.84. The predicted octanol–water partition coefficient (Wildman–Crippen LogP) is 3.24. The van der Waals surface area contributed by atoms with Gasteiger partial charge in [-0.25, -0.2) is 9.37 Å². The first-order chi connectivity index (χ1) is 13.5. The van der Waals surface area contributed by atoms with Crippen LogP contribution in [0.5, 0.6) is 0 Å². The summed E-state index contributed by atoms with van der Waals surface area (Å²) >= 11 is 0. The van der Waals surface area contributed by atoms with Gasteiger partial charge in [-0.2, -0.15) is 0 Å². The van der Waals surface area contributed by atoms with E-state index in [9.17, 15) is 14.0 Å². The highest BCUT2D eigenvalue weighted by atomic mass is 19.1. The molecule has 5 nitrogen and oxygen atoms in total. The zero-order valence-electron chi connectivity index (χ0n) is 15.9. The summed E-state index contributed by atoms with van der Waals surface area (Å²) in [5.74, 6) is -0.454. The van der Waals surface area contributed by atoms with Crippen molar-refractivity contribution < 1.29 is 9.18 Å². The molecule has 0 saturated carbocycles. The molecular weight excluding hydrogens is 357 g/mol. The van der Waals surface area contributed by atoms with Crippen LogP contribution in [0.2, 0.25) is 0 Å². The van der Waals surface area contributed by atoms with Crippen molar-refractivity contribution in [3.8, 4) is 11.4 Å². The molecule has 0 radical (unpaired) electrons. The Morgan fingerprint density at radius 1 is 1.14 bits per heavy atom. The van der Waals surface area contributed by atoms with Crippen LogP contribution in [-0.4, -0.2) is 15.5 Å². The van der Waals surface area contributed by atoms with Crippen LogP contribution in [0.3, 0.4) is 0 Å². The van der Waals surface area contributed by atoms with Gasteiger partial charge < -0.3 is 5.32 Å². The Balaban J connectivity index is 1.85. The van der Waals surface area contributed by atoms with Crippen LogP contribution in [0.25, 0.3) is 11.4 Å². The third-order valence-corrected chi connectivity index (χ3v) is 4.42. The van der Waals surface area contributed by atoms with E-state index in [1.165, 1.54) is 22.8 Å². The van der Waals surface area contributed by atoms with Crippen LogP contribution in [-0.2, 0) is 24.3 Å². The second kappa shape index (κ2) is 8.61. The van der Waals surface area contributed by atoms with Crippen molar-refractivity contribution >= 4 is 5.91 Å². The zero-order chi connectivity index (χ0) is 20.1. The highest BCUT2D eigenvalue weighted by Gasteiger charge is 2.14. The molecule has 0 unspecified atom stereocenters. The van der Waals surface area contributed by atoms with Crippen LogP contribution >= 0.6 is 0 Å². The Morgan fingerprint density at radius 3 is 2.57 bits per heavy atom. The molecule has 0 bridgehead atoms. The molecule has 1 heterocycles. The van der Waals surface area contributed by atoms with Gasteiger partial charge in [-0.15, -0.1) is 0 Å². The molecule has 0 aliphatic carbocycles. The Morgan fingerprint density at radius 2 is 1.89 bits per heavy atom. The van der Waals surface area contributed by atoms with Crippen molar-refractivity contribution in [3.05, 3.63) is 87.6 Å². The van der Waals surface area contributed by atoms with Gasteiger partial charge in [-0.1, -0.05) is 48.9 Å². The highest BCUT2D eigenvalue weighted by Crippen LogP contribution is 2.17. The SMILES string of the molecule is CCc1cc(=O)n(CC(=O)NCc2ccc(C)cc2)c(-c2cccc(F)c2)n1. The fourth-order valence-electron chi connectivity index (χ4n) is 2.84. The van der Waals surface area contributed by atoms with Gasteiger partial charge in [0.2, 0.25) is 5.91 Å². The predicted molar refractivity (Wildman–Crippen MR) is 106 cm³/mol. The van der Waals surface area contributed by atoms with Crippen molar-refractivity contribution in [2.24, 2.45) is 0 Å². The average molecular weight is 379 g/mol. The van der Waals surface area contributed by atoms with E-state index in [0.29, 0.717) is 24.2 Å². The molecule has 1 aromatic heterocycles. The topological polar surface area (TPSA) is 64.0 Å². The number of amides is 1. The number of halogens is 1. The van der Waals surface area contributed by atoms with Crippen LogP contribution in [0.4, 0.5) is 4.39 Å². The number of aromatic nitrogens is 2. The smallest absolute Gasteiger partial charge is 0.254 e. The first-order valence-corrected chi connectivity index (χ1v) is 9.15. The Labute approximate surface area is 162 Å². The van der Waals surface area contributed by atoms with Gasteiger partial charge in [0.15, 0.2) is 0 Å². The molecule has 6 heteroatoms. The third-order valence-electron chi connectivity index (χ3n) is 4.42. The van der Waals surface area contributed by atoms with Gasteiger partial charge in [0.1, 0.15) is 18.2 Å². The van der Waals surface area contributed by atoms with E-state index >= 15 is 0 Å². The van der Waals surface area contributed by atoms with Crippen molar-refractivity contribution in [3.63, 3.8) is 0 Å². The van der Waals surface area contributed by atoms with Crippen molar-refractivity contribution in [2.75, 3.05) is 0 Å². The quantitative estimate of drug-likeness (QED) is 0.715. The lowest BCUT2D eigenvalue weighted by molar-refractivity contribution is -0.121. The lowest BCUT2D eigenvalue weighted by Gasteiger charge is -2.14. The van der Waals surface area contributed by atoms with Crippen molar-refractivity contribution in [1.82, 2.24) is 14.9 Å². The van der Waals surface area contributed by atoms with Crippen LogP contribution < -0.4 is 10.9 Å². The van der Waals surface area contributed by atoms with E-state index < -0.39 is 5.82 Å². The van der Waals surface area contributed by atoms with Crippen molar-refractivity contribution in [1.29, 1.82) is 0 Å². The molecule has 3 rings (SSSR count). The Hall–Kier alpha value is -3.28. The molecule has 28 heavy (non-hydrogen) atoms. The maximum Gasteiger partial charge on any atom is 0.254 e. The number of rotatable bonds is 6. The van der Waals surface area contributed by atoms with Gasteiger partial charge in [0, 0.05) is 23.9 Å². The van der Waals surface area contributed by atoms with E-state index in [0.717, 1.165) is 11.1 Å². The lowest BCUT2D eigenvalue weighted by Crippen LogP contribution is -2.33. The number of nitrogens with one attached hydrogen (secondary N) is 1. The fraction of sp³-hybridized carbons (Fsp3) is 0.227. The number of aryl methyl sites for hydroxylation is 2. The van der Waals surface area contributed by atoms with E-state index in [1.54, 1.807) is 12.1 Å². The van der Waals surface area contributed by atoms with E-state index in [2.05, 4.69) is 10.3 Å². The maximum atomic E-state index is 13.7. The monoisotopic (exact) mass is 379 g/mol. The maximum absolute atomic E-state index is 13.7. The number of nitrogens with zero attached hydrogens (tertiary/aromatic N) is 2. The molecule has 0 atom stereocenters. The van der Waals surface area contributed by atoms with Gasteiger partial charge in [0.25, 0.3) is 5.56 Å². The van der Waals surface area contributed by atoms with E-state index in [-0.39, 0.29) is 23.8 Å². The minimum Gasteiger partial charge on any atom is -0.350 e. The molecule has 1 amide bonds. The summed E-state index contributed by atoms with van der Waals surface area (Å²) in [4.78, 5) is 29.5. The lowest BCUT2D eigenvalue weighted by atomic mass is 10.1. The molecule has 0 aliphatic heterocycles. The number of hydrogen-bond acceptors (Lipinski definition) is 3. The summed E-state index contributed by atoms with van der Waals surface area (Å²) in [6.45, 7) is 4.06. The molecule has 144 valence electrons. The van der Waals surface area contributed by atoms with Crippen molar-refractivity contribution in [2.45, 2.75) is 33.4 Å². The minimum atomic E-state index is -0.427. The molecule has 1 N–H and O–H groups in total. The standard InChI is InChI=1S/C22H22FN3O2/c1-3-19-12-21(28)26(22(25-19)17-5-4-6-18(23)11-17)14-20(27)24-13-16-9-7-15(2)8-10-16/h4-12H,3,13-14H2,1-2H3,(H,24,27). The molecule has 0 aliphatic rings. The van der Waals surface area contributed by atoms with Gasteiger partial charge >= 0.3 is 0 Å². The number of hydrogen-bond donors (Lipinski definition) is 1. The molecule has 0 fully saturated rings. The summed E-state index contributed by atoms with van der Waals surface area (Å²) in [6, 6.07) is 15.1. The van der Waals surface area contributed by atoms with Crippen LogP contribution in [0.1, 0.15) is 23.7 Å². The average Bonchev–Trinajstić information content (AvgIpc) is 2.69.